The quantitative estimate of drug-likeness (QED) is 0.848. The largest absolute Gasteiger partial charge is 0.468 e. The number of hydrogen-bond acceptors (Lipinski definition) is 4. The number of esters is 1. The molecule has 1 atom stereocenters. The van der Waals surface area contributed by atoms with Crippen molar-refractivity contribution in [1.82, 2.24) is 0 Å². The summed E-state index contributed by atoms with van der Waals surface area (Å²) in [5, 5.41) is 0. The lowest BCUT2D eigenvalue weighted by atomic mass is 10.2. The van der Waals surface area contributed by atoms with Crippen LogP contribution in [-0.2, 0) is 9.53 Å². The second kappa shape index (κ2) is 4.54. The van der Waals surface area contributed by atoms with Crippen LogP contribution in [-0.4, -0.2) is 13.1 Å². The van der Waals surface area contributed by atoms with Crippen LogP contribution in [0.5, 0.6) is 0 Å². The first-order chi connectivity index (χ1) is 6.06. The van der Waals surface area contributed by atoms with E-state index in [9.17, 15) is 4.79 Å². The van der Waals surface area contributed by atoms with E-state index in [1.165, 1.54) is 18.4 Å². The number of thiophene rings is 1. The van der Waals surface area contributed by atoms with Gasteiger partial charge in [0, 0.05) is 9.35 Å². The third kappa shape index (κ3) is 2.52. The first kappa shape index (κ1) is 11.2. The molecule has 1 aromatic rings. The Kier molecular flexibility index (Phi) is 3.90. The van der Waals surface area contributed by atoms with Gasteiger partial charge in [-0.15, -0.1) is 11.3 Å². The fourth-order valence-corrected chi connectivity index (χ4v) is 2.84. The SMILES string of the molecule is COC(=O)[C@H](N)c1cc(Br)c(Br)s1. The molecule has 0 saturated carbocycles. The molecule has 0 bridgehead atoms. The maximum atomic E-state index is 11.1. The fraction of sp³-hybridized carbons (Fsp3) is 0.286. The Hall–Kier alpha value is 0.0900. The topological polar surface area (TPSA) is 52.3 Å². The molecule has 0 aliphatic carbocycles. The molecule has 1 heterocycles. The second-order valence-electron chi connectivity index (χ2n) is 2.27. The summed E-state index contributed by atoms with van der Waals surface area (Å²) in [6.45, 7) is 0. The minimum atomic E-state index is -0.697. The predicted molar refractivity (Wildman–Crippen MR) is 58.7 cm³/mol. The lowest BCUT2D eigenvalue weighted by Crippen LogP contribution is -2.21. The zero-order valence-corrected chi connectivity index (χ0v) is 10.7. The summed E-state index contributed by atoms with van der Waals surface area (Å²) >= 11 is 8.04. The molecule has 1 rings (SSSR count). The van der Waals surface area contributed by atoms with E-state index < -0.39 is 12.0 Å². The zero-order chi connectivity index (χ0) is 10.0. The average Bonchev–Trinajstić information content (AvgIpc) is 2.44. The molecule has 1 aromatic heterocycles. The summed E-state index contributed by atoms with van der Waals surface area (Å²) < 4.78 is 6.34. The van der Waals surface area contributed by atoms with Crippen molar-refractivity contribution in [2.75, 3.05) is 7.11 Å². The zero-order valence-electron chi connectivity index (χ0n) is 6.71. The summed E-state index contributed by atoms with van der Waals surface area (Å²) in [5.41, 5.74) is 5.63. The van der Waals surface area contributed by atoms with Crippen molar-refractivity contribution < 1.29 is 9.53 Å². The van der Waals surface area contributed by atoms with Gasteiger partial charge in [-0.3, -0.25) is 0 Å². The molecule has 0 unspecified atom stereocenters. The number of ether oxygens (including phenoxy) is 1. The first-order valence-electron chi connectivity index (χ1n) is 3.34. The van der Waals surface area contributed by atoms with Crippen LogP contribution >= 0.6 is 43.2 Å². The van der Waals surface area contributed by atoms with Gasteiger partial charge in [-0.25, -0.2) is 4.79 Å². The van der Waals surface area contributed by atoms with E-state index in [0.29, 0.717) is 0 Å². The van der Waals surface area contributed by atoms with Crippen LogP contribution in [0.2, 0.25) is 0 Å². The first-order valence-corrected chi connectivity index (χ1v) is 5.74. The highest BCUT2D eigenvalue weighted by atomic mass is 79.9. The normalized spacial score (nSPS) is 12.6. The molecule has 3 nitrogen and oxygen atoms in total. The van der Waals surface area contributed by atoms with Crippen molar-refractivity contribution in [3.05, 3.63) is 19.2 Å². The lowest BCUT2D eigenvalue weighted by molar-refractivity contribution is -0.142. The van der Waals surface area contributed by atoms with Crippen LogP contribution in [0.25, 0.3) is 0 Å². The maximum absolute atomic E-state index is 11.1. The van der Waals surface area contributed by atoms with Gasteiger partial charge in [0.05, 0.1) is 10.9 Å². The van der Waals surface area contributed by atoms with Crippen molar-refractivity contribution in [2.24, 2.45) is 5.73 Å². The molecule has 0 spiro atoms. The van der Waals surface area contributed by atoms with Crippen LogP contribution in [0.4, 0.5) is 0 Å². The number of carbonyl (C=O) groups excluding carboxylic acids is 1. The summed E-state index contributed by atoms with van der Waals surface area (Å²) in [6.07, 6.45) is 0. The monoisotopic (exact) mass is 327 g/mol. The van der Waals surface area contributed by atoms with Gasteiger partial charge in [0.25, 0.3) is 0 Å². The molecule has 0 aromatic carbocycles. The van der Waals surface area contributed by atoms with Crippen molar-refractivity contribution in [3.8, 4) is 0 Å². The Morgan fingerprint density at radius 3 is 2.69 bits per heavy atom. The minimum Gasteiger partial charge on any atom is -0.468 e. The molecule has 72 valence electrons. The van der Waals surface area contributed by atoms with E-state index in [-0.39, 0.29) is 0 Å². The number of rotatable bonds is 2. The molecule has 0 fully saturated rings. The van der Waals surface area contributed by atoms with Crippen molar-refractivity contribution >= 4 is 49.2 Å². The van der Waals surface area contributed by atoms with Gasteiger partial charge in [-0.1, -0.05) is 0 Å². The standard InChI is InChI=1S/C7H7Br2NO2S/c1-12-7(11)5(10)4-2-3(8)6(9)13-4/h2,5H,10H2,1H3/t5-/m1/s1. The third-order valence-electron chi connectivity index (χ3n) is 1.43. The van der Waals surface area contributed by atoms with Gasteiger partial charge in [0.1, 0.15) is 6.04 Å². The van der Waals surface area contributed by atoms with Crippen molar-refractivity contribution in [2.45, 2.75) is 6.04 Å². The van der Waals surface area contributed by atoms with E-state index >= 15 is 0 Å². The number of nitrogens with two attached hydrogens (primary N) is 1. The van der Waals surface area contributed by atoms with Crippen LogP contribution in [0, 0.1) is 0 Å². The Labute approximate surface area is 96.5 Å². The van der Waals surface area contributed by atoms with Crippen molar-refractivity contribution in [1.29, 1.82) is 0 Å². The Balaban J connectivity index is 2.89. The summed E-state index contributed by atoms with van der Waals surface area (Å²) in [5.74, 6) is -0.429. The van der Waals surface area contributed by atoms with Gasteiger partial charge >= 0.3 is 5.97 Å². The highest BCUT2D eigenvalue weighted by molar-refractivity contribution is 9.13. The summed E-state index contributed by atoms with van der Waals surface area (Å²) in [6, 6.07) is 1.11. The van der Waals surface area contributed by atoms with Crippen LogP contribution in [0.1, 0.15) is 10.9 Å². The third-order valence-corrected chi connectivity index (χ3v) is 4.77. The molecule has 0 radical (unpaired) electrons. The second-order valence-corrected chi connectivity index (χ2v) is 5.53. The van der Waals surface area contributed by atoms with E-state index in [1.54, 1.807) is 6.07 Å². The molecular weight excluding hydrogens is 322 g/mol. The predicted octanol–water partition coefficient (Wildman–Crippen LogP) is 2.45. The Bertz CT molecular complexity index is 307. The molecule has 2 N–H and O–H groups in total. The maximum Gasteiger partial charge on any atom is 0.328 e. The lowest BCUT2D eigenvalue weighted by Gasteiger charge is -2.05. The molecule has 13 heavy (non-hydrogen) atoms. The van der Waals surface area contributed by atoms with Gasteiger partial charge in [-0.05, 0) is 37.9 Å². The number of halogens is 2. The highest BCUT2D eigenvalue weighted by Crippen LogP contribution is 2.34. The smallest absolute Gasteiger partial charge is 0.328 e. The Morgan fingerprint density at radius 2 is 2.31 bits per heavy atom. The van der Waals surface area contributed by atoms with Crippen molar-refractivity contribution in [3.63, 3.8) is 0 Å². The van der Waals surface area contributed by atoms with E-state index in [4.69, 9.17) is 5.73 Å². The van der Waals surface area contributed by atoms with E-state index in [1.807, 2.05) is 0 Å². The van der Waals surface area contributed by atoms with Crippen LogP contribution in [0.3, 0.4) is 0 Å². The number of carbonyl (C=O) groups is 1. The Morgan fingerprint density at radius 1 is 1.69 bits per heavy atom. The molecule has 0 aliphatic rings. The molecule has 6 heteroatoms. The molecular formula is C7H7Br2NO2S. The summed E-state index contributed by atoms with van der Waals surface area (Å²) in [4.78, 5) is 11.8. The van der Waals surface area contributed by atoms with Gasteiger partial charge in [0.15, 0.2) is 0 Å². The number of hydrogen-bond donors (Lipinski definition) is 1. The van der Waals surface area contributed by atoms with Crippen LogP contribution in [0.15, 0.2) is 14.3 Å². The highest BCUT2D eigenvalue weighted by Gasteiger charge is 2.19. The summed E-state index contributed by atoms with van der Waals surface area (Å²) in [7, 11) is 1.32. The number of methoxy groups -OCH3 is 1. The van der Waals surface area contributed by atoms with E-state index in [0.717, 1.165) is 13.1 Å². The molecule has 0 saturated heterocycles. The van der Waals surface area contributed by atoms with Gasteiger partial charge < -0.3 is 10.5 Å². The minimum absolute atomic E-state index is 0.429. The van der Waals surface area contributed by atoms with E-state index in [2.05, 4.69) is 36.6 Å². The average molecular weight is 329 g/mol. The molecule has 0 aliphatic heterocycles. The van der Waals surface area contributed by atoms with Gasteiger partial charge in [0.2, 0.25) is 0 Å². The van der Waals surface area contributed by atoms with Gasteiger partial charge in [-0.2, -0.15) is 0 Å². The fourth-order valence-electron chi connectivity index (χ4n) is 0.760. The van der Waals surface area contributed by atoms with Crippen LogP contribution < -0.4 is 5.73 Å². The molecule has 0 amide bonds.